The quantitative estimate of drug-likeness (QED) is 0.887. The molecule has 92 valence electrons. The Bertz CT molecular complexity index is 488. The van der Waals surface area contributed by atoms with Gasteiger partial charge in [-0.25, -0.2) is 4.68 Å². The summed E-state index contributed by atoms with van der Waals surface area (Å²) in [6, 6.07) is -0.248. The number of hydrogen-bond donors (Lipinski definition) is 1. The molecule has 0 aromatic carbocycles. The molecular formula is C10H16N6S. The van der Waals surface area contributed by atoms with E-state index in [1.165, 1.54) is 11.5 Å². The number of aryl methyl sites for hydroxylation is 1. The lowest BCUT2D eigenvalue weighted by Gasteiger charge is -2.12. The van der Waals surface area contributed by atoms with Crippen LogP contribution in [0.4, 0.5) is 0 Å². The summed E-state index contributed by atoms with van der Waals surface area (Å²) in [4.78, 5) is 0.997. The Balaban J connectivity index is 2.37. The molecule has 0 amide bonds. The van der Waals surface area contributed by atoms with Crippen molar-refractivity contribution in [2.24, 2.45) is 5.73 Å². The molecule has 2 N–H and O–H groups in total. The normalized spacial score (nSPS) is 13.2. The molecule has 0 aliphatic rings. The molecule has 0 saturated heterocycles. The van der Waals surface area contributed by atoms with Gasteiger partial charge in [-0.3, -0.25) is 0 Å². The summed E-state index contributed by atoms with van der Waals surface area (Å²) in [5.41, 5.74) is 8.12. The Hall–Kier alpha value is -1.34. The second-order valence-corrected chi connectivity index (χ2v) is 4.92. The van der Waals surface area contributed by atoms with Crippen molar-refractivity contribution in [3.63, 3.8) is 0 Å². The molecule has 0 radical (unpaired) electrons. The number of hydrogen-bond acceptors (Lipinski definition) is 6. The van der Waals surface area contributed by atoms with E-state index in [2.05, 4.69) is 33.7 Å². The van der Waals surface area contributed by atoms with E-state index in [9.17, 15) is 0 Å². The summed E-state index contributed by atoms with van der Waals surface area (Å²) in [5.74, 6) is 0.320. The Morgan fingerprint density at radius 1 is 1.47 bits per heavy atom. The smallest absolute Gasteiger partial charge is 0.0868 e. The van der Waals surface area contributed by atoms with Crippen LogP contribution in [0.15, 0.2) is 6.20 Å². The molecule has 2 aromatic rings. The molecule has 1 atom stereocenters. The standard InChI is InChI=1S/C10H16N6S/c1-4-16-7(5-12-14-16)8(11)10-9(6(2)3)13-15-17-10/h5-6,8H,4,11H2,1-3H3. The lowest BCUT2D eigenvalue weighted by Crippen LogP contribution is -2.17. The molecule has 6 nitrogen and oxygen atoms in total. The fraction of sp³-hybridized carbons (Fsp3) is 0.600. The SMILES string of the molecule is CCn1nncc1C(N)c1snnc1C(C)C. The van der Waals surface area contributed by atoms with E-state index < -0.39 is 0 Å². The van der Waals surface area contributed by atoms with Crippen molar-refractivity contribution in [2.75, 3.05) is 0 Å². The van der Waals surface area contributed by atoms with Crippen LogP contribution in [0.25, 0.3) is 0 Å². The minimum Gasteiger partial charge on any atom is -0.318 e. The van der Waals surface area contributed by atoms with Gasteiger partial charge < -0.3 is 5.73 Å². The maximum Gasteiger partial charge on any atom is 0.0868 e. The summed E-state index contributed by atoms with van der Waals surface area (Å²) in [6.07, 6.45) is 1.71. The molecule has 2 heterocycles. The molecule has 0 aliphatic heterocycles. The molecule has 0 aliphatic carbocycles. The van der Waals surface area contributed by atoms with Gasteiger partial charge in [-0.15, -0.1) is 10.2 Å². The molecule has 2 aromatic heterocycles. The molecule has 2 rings (SSSR count). The minimum absolute atomic E-state index is 0.248. The second-order valence-electron chi connectivity index (χ2n) is 4.13. The zero-order chi connectivity index (χ0) is 12.4. The first-order valence-electron chi connectivity index (χ1n) is 5.61. The maximum atomic E-state index is 6.25. The van der Waals surface area contributed by atoms with E-state index in [0.717, 1.165) is 22.8 Å². The first-order valence-corrected chi connectivity index (χ1v) is 6.38. The van der Waals surface area contributed by atoms with Crippen LogP contribution in [-0.2, 0) is 6.54 Å². The number of rotatable bonds is 4. The number of nitrogens with two attached hydrogens (primary N) is 1. The average molecular weight is 252 g/mol. The highest BCUT2D eigenvalue weighted by Crippen LogP contribution is 2.28. The lowest BCUT2D eigenvalue weighted by atomic mass is 10.1. The highest BCUT2D eigenvalue weighted by atomic mass is 32.1. The van der Waals surface area contributed by atoms with Crippen molar-refractivity contribution in [2.45, 2.75) is 39.3 Å². The summed E-state index contributed by atoms with van der Waals surface area (Å²) >= 11 is 1.35. The molecule has 0 fully saturated rings. The Morgan fingerprint density at radius 2 is 2.24 bits per heavy atom. The van der Waals surface area contributed by atoms with Crippen LogP contribution in [-0.4, -0.2) is 24.6 Å². The predicted octanol–water partition coefficient (Wildman–Crippen LogP) is 1.32. The van der Waals surface area contributed by atoms with Crippen LogP contribution in [0, 0.1) is 0 Å². The van der Waals surface area contributed by atoms with E-state index in [4.69, 9.17) is 5.73 Å². The topological polar surface area (TPSA) is 82.5 Å². The van der Waals surface area contributed by atoms with Gasteiger partial charge >= 0.3 is 0 Å². The van der Waals surface area contributed by atoms with Gasteiger partial charge in [-0.05, 0) is 24.4 Å². The van der Waals surface area contributed by atoms with Crippen molar-refractivity contribution in [3.8, 4) is 0 Å². The van der Waals surface area contributed by atoms with Crippen LogP contribution >= 0.6 is 11.5 Å². The van der Waals surface area contributed by atoms with Crippen molar-refractivity contribution < 1.29 is 0 Å². The first-order chi connectivity index (χ1) is 8.15. The van der Waals surface area contributed by atoms with Crippen LogP contribution < -0.4 is 5.73 Å². The van der Waals surface area contributed by atoms with Crippen molar-refractivity contribution in [1.29, 1.82) is 0 Å². The highest BCUT2D eigenvalue weighted by Gasteiger charge is 2.22. The van der Waals surface area contributed by atoms with Crippen LogP contribution in [0.2, 0.25) is 0 Å². The molecule has 0 bridgehead atoms. The second kappa shape index (κ2) is 4.89. The van der Waals surface area contributed by atoms with E-state index in [-0.39, 0.29) is 6.04 Å². The minimum atomic E-state index is -0.248. The summed E-state index contributed by atoms with van der Waals surface area (Å²) in [5, 5.41) is 12.0. The Morgan fingerprint density at radius 3 is 2.88 bits per heavy atom. The summed E-state index contributed by atoms with van der Waals surface area (Å²) in [6.45, 7) is 6.94. The third-order valence-corrected chi connectivity index (χ3v) is 3.46. The predicted molar refractivity (Wildman–Crippen MR) is 65.7 cm³/mol. The van der Waals surface area contributed by atoms with E-state index in [1.54, 1.807) is 10.9 Å². The van der Waals surface area contributed by atoms with Crippen LogP contribution in [0.5, 0.6) is 0 Å². The molecule has 7 heteroatoms. The van der Waals surface area contributed by atoms with Crippen LogP contribution in [0.1, 0.15) is 49.0 Å². The molecule has 17 heavy (non-hydrogen) atoms. The number of aromatic nitrogens is 5. The average Bonchev–Trinajstić information content (AvgIpc) is 2.96. The molecule has 1 unspecified atom stereocenters. The fourth-order valence-electron chi connectivity index (χ4n) is 1.71. The van der Waals surface area contributed by atoms with Gasteiger partial charge in [0.15, 0.2) is 0 Å². The monoisotopic (exact) mass is 252 g/mol. The van der Waals surface area contributed by atoms with Gasteiger partial charge in [0.2, 0.25) is 0 Å². The number of nitrogens with zero attached hydrogens (tertiary/aromatic N) is 5. The zero-order valence-corrected chi connectivity index (χ0v) is 11.0. The van der Waals surface area contributed by atoms with Crippen molar-refractivity contribution >= 4 is 11.5 Å². The summed E-state index contributed by atoms with van der Waals surface area (Å²) in [7, 11) is 0. The lowest BCUT2D eigenvalue weighted by molar-refractivity contribution is 0.581. The zero-order valence-electron chi connectivity index (χ0n) is 10.2. The van der Waals surface area contributed by atoms with Gasteiger partial charge in [0.05, 0.1) is 28.5 Å². The first kappa shape index (κ1) is 12.1. The van der Waals surface area contributed by atoms with Crippen molar-refractivity contribution in [1.82, 2.24) is 24.6 Å². The van der Waals surface area contributed by atoms with Gasteiger partial charge in [-0.1, -0.05) is 23.5 Å². The van der Waals surface area contributed by atoms with E-state index >= 15 is 0 Å². The van der Waals surface area contributed by atoms with Gasteiger partial charge in [0.1, 0.15) is 0 Å². The molecule has 0 spiro atoms. The third kappa shape index (κ3) is 2.20. The third-order valence-electron chi connectivity index (χ3n) is 2.64. The van der Waals surface area contributed by atoms with Gasteiger partial charge in [-0.2, -0.15) is 0 Å². The Labute approximate surface area is 104 Å². The fourth-order valence-corrected chi connectivity index (χ4v) is 2.53. The van der Waals surface area contributed by atoms with E-state index in [0.29, 0.717) is 5.92 Å². The van der Waals surface area contributed by atoms with Crippen LogP contribution in [0.3, 0.4) is 0 Å². The maximum absolute atomic E-state index is 6.25. The highest BCUT2D eigenvalue weighted by molar-refractivity contribution is 7.05. The van der Waals surface area contributed by atoms with E-state index in [1.807, 2.05) is 6.92 Å². The molecule has 0 saturated carbocycles. The van der Waals surface area contributed by atoms with Gasteiger partial charge in [0, 0.05) is 6.54 Å². The van der Waals surface area contributed by atoms with Gasteiger partial charge in [0.25, 0.3) is 0 Å². The summed E-state index contributed by atoms with van der Waals surface area (Å²) < 4.78 is 5.79. The largest absolute Gasteiger partial charge is 0.318 e. The van der Waals surface area contributed by atoms with Crippen molar-refractivity contribution in [3.05, 3.63) is 22.5 Å². The Kier molecular flexibility index (Phi) is 3.49. The molecular weight excluding hydrogens is 236 g/mol.